The Morgan fingerprint density at radius 2 is 1.33 bits per heavy atom. The van der Waals surface area contributed by atoms with Crippen LogP contribution in [0.25, 0.3) is 0 Å². The summed E-state index contributed by atoms with van der Waals surface area (Å²) in [6.45, 7) is 5.94. The third-order valence-electron chi connectivity index (χ3n) is 3.96. The summed E-state index contributed by atoms with van der Waals surface area (Å²) < 4.78 is 0. The zero-order valence-corrected chi connectivity index (χ0v) is 9.76. The molecule has 1 heterocycles. The predicted molar refractivity (Wildman–Crippen MR) is 59.6 cm³/mol. The Kier molecular flexibility index (Phi) is 3.33. The van der Waals surface area contributed by atoms with Gasteiger partial charge in [-0.3, -0.25) is 4.90 Å². The van der Waals surface area contributed by atoms with Crippen molar-refractivity contribution in [1.82, 2.24) is 4.90 Å². The molecule has 1 aliphatic carbocycles. The van der Waals surface area contributed by atoms with E-state index in [1.165, 1.54) is 19.3 Å². The maximum Gasteiger partial charge on any atom is 0.0938 e. The lowest BCUT2D eigenvalue weighted by Gasteiger charge is -2.37. The summed E-state index contributed by atoms with van der Waals surface area (Å²) in [6.07, 6.45) is 2.72. The quantitative estimate of drug-likeness (QED) is 0.678. The van der Waals surface area contributed by atoms with E-state index in [0.29, 0.717) is 19.1 Å². The Morgan fingerprint density at radius 1 is 0.867 bits per heavy atom. The Hall–Kier alpha value is -0.120. The summed E-state index contributed by atoms with van der Waals surface area (Å²) in [5, 5.41) is 19.1. The first-order valence-electron chi connectivity index (χ1n) is 6.16. The van der Waals surface area contributed by atoms with Crippen LogP contribution >= 0.6 is 0 Å². The van der Waals surface area contributed by atoms with Crippen molar-refractivity contribution >= 4 is 0 Å². The molecule has 15 heavy (non-hydrogen) atoms. The second-order valence-corrected chi connectivity index (χ2v) is 5.66. The van der Waals surface area contributed by atoms with Crippen LogP contribution in [0.4, 0.5) is 0 Å². The summed E-state index contributed by atoms with van der Waals surface area (Å²) in [6, 6.07) is 0.579. The van der Waals surface area contributed by atoms with Gasteiger partial charge in [-0.1, -0.05) is 13.8 Å². The van der Waals surface area contributed by atoms with Gasteiger partial charge < -0.3 is 10.2 Å². The number of hydrogen-bond acceptors (Lipinski definition) is 3. The van der Waals surface area contributed by atoms with Gasteiger partial charge in [0.15, 0.2) is 0 Å². The lowest BCUT2D eigenvalue weighted by atomic mass is 9.80. The molecular weight excluding hydrogens is 190 g/mol. The second kappa shape index (κ2) is 4.40. The molecule has 88 valence electrons. The summed E-state index contributed by atoms with van der Waals surface area (Å²) in [5.41, 5.74) is 0. The van der Waals surface area contributed by atoms with Gasteiger partial charge in [0.25, 0.3) is 0 Å². The molecule has 0 aromatic heterocycles. The van der Waals surface area contributed by atoms with Crippen molar-refractivity contribution in [2.24, 2.45) is 11.8 Å². The molecule has 3 heteroatoms. The molecule has 0 aromatic rings. The van der Waals surface area contributed by atoms with Crippen molar-refractivity contribution in [2.75, 3.05) is 13.1 Å². The first kappa shape index (κ1) is 11.4. The van der Waals surface area contributed by atoms with E-state index in [2.05, 4.69) is 18.7 Å². The van der Waals surface area contributed by atoms with Gasteiger partial charge >= 0.3 is 0 Å². The van der Waals surface area contributed by atoms with Gasteiger partial charge in [0.05, 0.1) is 12.2 Å². The van der Waals surface area contributed by atoms with Crippen molar-refractivity contribution in [3.63, 3.8) is 0 Å². The number of likely N-dealkylation sites (tertiary alicyclic amines) is 1. The average molecular weight is 213 g/mol. The Balaban J connectivity index is 1.93. The topological polar surface area (TPSA) is 43.7 Å². The van der Waals surface area contributed by atoms with Gasteiger partial charge in [0.1, 0.15) is 0 Å². The van der Waals surface area contributed by atoms with Crippen molar-refractivity contribution in [3.05, 3.63) is 0 Å². The third-order valence-corrected chi connectivity index (χ3v) is 3.96. The number of aliphatic hydroxyl groups excluding tert-OH is 2. The Bertz CT molecular complexity index is 202. The fourth-order valence-corrected chi connectivity index (χ4v) is 3.30. The fourth-order valence-electron chi connectivity index (χ4n) is 3.30. The predicted octanol–water partition coefficient (Wildman–Crippen LogP) is 0.848. The summed E-state index contributed by atoms with van der Waals surface area (Å²) in [7, 11) is 0. The van der Waals surface area contributed by atoms with Crippen LogP contribution in [-0.2, 0) is 0 Å². The largest absolute Gasteiger partial charge is 0.389 e. The highest BCUT2D eigenvalue weighted by atomic mass is 16.3. The van der Waals surface area contributed by atoms with Crippen LogP contribution < -0.4 is 0 Å². The summed E-state index contributed by atoms with van der Waals surface area (Å²) in [4.78, 5) is 2.28. The molecule has 0 radical (unpaired) electrons. The minimum atomic E-state index is -0.530. The zero-order chi connectivity index (χ0) is 11.0. The normalized spacial score (nSPS) is 48.4. The van der Waals surface area contributed by atoms with Gasteiger partial charge in [-0.25, -0.2) is 0 Å². The van der Waals surface area contributed by atoms with Crippen molar-refractivity contribution in [1.29, 1.82) is 0 Å². The van der Waals surface area contributed by atoms with Gasteiger partial charge in [-0.05, 0) is 31.1 Å². The van der Waals surface area contributed by atoms with Gasteiger partial charge in [-0.2, -0.15) is 0 Å². The molecule has 1 saturated heterocycles. The Labute approximate surface area is 92.1 Å². The highest BCUT2D eigenvalue weighted by molar-refractivity contribution is 4.90. The minimum absolute atomic E-state index is 0.530. The molecule has 2 aliphatic rings. The van der Waals surface area contributed by atoms with E-state index in [0.717, 1.165) is 11.8 Å². The maximum absolute atomic E-state index is 9.54. The highest BCUT2D eigenvalue weighted by Crippen LogP contribution is 2.32. The molecular formula is C12H23NO2. The number of hydrogen-bond donors (Lipinski definition) is 2. The molecule has 0 bridgehead atoms. The molecule has 2 fully saturated rings. The fraction of sp³-hybridized carbons (Fsp3) is 1.00. The average Bonchev–Trinajstić information content (AvgIpc) is 2.45. The smallest absolute Gasteiger partial charge is 0.0938 e. The highest BCUT2D eigenvalue weighted by Gasteiger charge is 2.36. The Morgan fingerprint density at radius 3 is 1.80 bits per heavy atom. The molecule has 0 amide bonds. The maximum atomic E-state index is 9.54. The first-order valence-corrected chi connectivity index (χ1v) is 6.16. The van der Waals surface area contributed by atoms with E-state index in [1.807, 2.05) is 0 Å². The third kappa shape index (κ3) is 2.52. The molecule has 1 saturated carbocycles. The van der Waals surface area contributed by atoms with E-state index in [-0.39, 0.29) is 0 Å². The van der Waals surface area contributed by atoms with Gasteiger partial charge in [0.2, 0.25) is 0 Å². The number of rotatable bonds is 1. The molecule has 2 rings (SSSR count). The van der Waals surface area contributed by atoms with E-state index < -0.39 is 12.2 Å². The van der Waals surface area contributed by atoms with Gasteiger partial charge in [0, 0.05) is 19.1 Å². The molecule has 3 nitrogen and oxygen atoms in total. The lowest BCUT2D eigenvalue weighted by molar-refractivity contribution is 0.0572. The summed E-state index contributed by atoms with van der Waals surface area (Å²) in [5.74, 6) is 1.57. The standard InChI is InChI=1S/C12H23NO2/c1-8-3-9(2)5-10(4-8)13-6-11(14)12(15)7-13/h8-12,14-15H,3-7H2,1-2H3. The van der Waals surface area contributed by atoms with Crippen LogP contribution in [0, 0.1) is 11.8 Å². The van der Waals surface area contributed by atoms with Crippen molar-refractivity contribution in [3.8, 4) is 0 Å². The van der Waals surface area contributed by atoms with Crippen LogP contribution in [0.15, 0.2) is 0 Å². The molecule has 4 unspecified atom stereocenters. The van der Waals surface area contributed by atoms with Crippen LogP contribution in [0.1, 0.15) is 33.1 Å². The van der Waals surface area contributed by atoms with Crippen LogP contribution in [0.3, 0.4) is 0 Å². The van der Waals surface area contributed by atoms with Crippen molar-refractivity contribution < 1.29 is 10.2 Å². The lowest BCUT2D eigenvalue weighted by Crippen LogP contribution is -2.39. The molecule has 2 N–H and O–H groups in total. The van der Waals surface area contributed by atoms with E-state index >= 15 is 0 Å². The molecule has 0 aromatic carbocycles. The monoisotopic (exact) mass is 213 g/mol. The number of β-amino-alcohol motifs (C(OH)–C–C–N with tert-alkyl or cyclic N) is 2. The minimum Gasteiger partial charge on any atom is -0.389 e. The molecule has 1 aliphatic heterocycles. The van der Waals surface area contributed by atoms with Crippen LogP contribution in [0.5, 0.6) is 0 Å². The SMILES string of the molecule is CC1CC(C)CC(N2CC(O)C(O)C2)C1. The van der Waals surface area contributed by atoms with Gasteiger partial charge in [-0.15, -0.1) is 0 Å². The van der Waals surface area contributed by atoms with E-state index in [4.69, 9.17) is 0 Å². The summed E-state index contributed by atoms with van der Waals surface area (Å²) >= 11 is 0. The van der Waals surface area contributed by atoms with Crippen LogP contribution in [-0.4, -0.2) is 46.5 Å². The first-order chi connectivity index (χ1) is 7.06. The second-order valence-electron chi connectivity index (χ2n) is 5.66. The number of aliphatic hydroxyl groups is 2. The molecule has 0 spiro atoms. The zero-order valence-electron chi connectivity index (χ0n) is 9.76. The molecule has 4 atom stereocenters. The van der Waals surface area contributed by atoms with E-state index in [1.54, 1.807) is 0 Å². The van der Waals surface area contributed by atoms with E-state index in [9.17, 15) is 10.2 Å². The van der Waals surface area contributed by atoms with Crippen molar-refractivity contribution in [2.45, 2.75) is 51.4 Å². The van der Waals surface area contributed by atoms with Crippen LogP contribution in [0.2, 0.25) is 0 Å². The number of nitrogens with zero attached hydrogens (tertiary/aromatic N) is 1.